The molecular formula is C24H26N2O5S2. The number of hydrazine groups is 1. The second-order valence-electron chi connectivity index (χ2n) is 7.16. The molecule has 9 heteroatoms. The number of carbonyl (C=O) groups is 2. The van der Waals surface area contributed by atoms with Crippen LogP contribution in [0.2, 0.25) is 0 Å². The number of thiocarbonyl (C=S) groups is 1. The molecule has 0 aromatic heterocycles. The largest absolute Gasteiger partial charge is 0.497 e. The number of thioether (sulfide) groups is 1. The molecule has 1 N–H and O–H groups in total. The summed E-state index contributed by atoms with van der Waals surface area (Å²) in [5.41, 5.74) is 3.72. The molecule has 174 valence electrons. The maximum Gasteiger partial charge on any atom is 0.285 e. The van der Waals surface area contributed by atoms with Gasteiger partial charge in [0.25, 0.3) is 11.8 Å². The molecule has 2 amide bonds. The lowest BCUT2D eigenvalue weighted by molar-refractivity contribution is -0.123. The molecule has 1 fully saturated rings. The SMILES string of the molecule is CCOc1cc(/C=C2\SC(=S)N(NC(=O)c3ccc(OC)cc3)C2=O)ccc1O[C@H](C)CC. The van der Waals surface area contributed by atoms with E-state index in [1.807, 2.05) is 32.0 Å². The zero-order chi connectivity index (χ0) is 24.0. The van der Waals surface area contributed by atoms with Crippen molar-refractivity contribution in [3.8, 4) is 17.2 Å². The lowest BCUT2D eigenvalue weighted by Crippen LogP contribution is -2.44. The van der Waals surface area contributed by atoms with Gasteiger partial charge in [-0.1, -0.05) is 24.8 Å². The van der Waals surface area contributed by atoms with Gasteiger partial charge >= 0.3 is 0 Å². The number of hydrogen-bond acceptors (Lipinski definition) is 7. The van der Waals surface area contributed by atoms with E-state index < -0.39 is 11.8 Å². The number of amides is 2. The van der Waals surface area contributed by atoms with Crippen LogP contribution in [0.4, 0.5) is 0 Å². The predicted octanol–water partition coefficient (Wildman–Crippen LogP) is 4.82. The summed E-state index contributed by atoms with van der Waals surface area (Å²) in [7, 11) is 1.55. The number of carbonyl (C=O) groups excluding carboxylic acids is 2. The molecule has 1 saturated heterocycles. The zero-order valence-electron chi connectivity index (χ0n) is 18.9. The van der Waals surface area contributed by atoms with Crippen molar-refractivity contribution in [2.24, 2.45) is 0 Å². The fourth-order valence-electron chi connectivity index (χ4n) is 2.90. The third kappa shape index (κ3) is 6.06. The van der Waals surface area contributed by atoms with E-state index in [1.54, 1.807) is 37.5 Å². The molecule has 7 nitrogen and oxygen atoms in total. The Morgan fingerprint density at radius 2 is 1.91 bits per heavy atom. The Hall–Kier alpha value is -3.04. The van der Waals surface area contributed by atoms with E-state index in [4.69, 9.17) is 26.4 Å². The maximum absolute atomic E-state index is 12.9. The first kappa shape index (κ1) is 24.6. The summed E-state index contributed by atoms with van der Waals surface area (Å²) in [5, 5.41) is 1.09. The average Bonchev–Trinajstić information content (AvgIpc) is 3.08. The van der Waals surface area contributed by atoms with Gasteiger partial charge in [0.2, 0.25) is 0 Å². The van der Waals surface area contributed by atoms with Gasteiger partial charge in [-0.2, -0.15) is 5.01 Å². The molecule has 2 aromatic rings. The molecule has 2 aromatic carbocycles. The van der Waals surface area contributed by atoms with Crippen LogP contribution in [-0.4, -0.2) is 41.0 Å². The highest BCUT2D eigenvalue weighted by Crippen LogP contribution is 2.34. The second-order valence-corrected chi connectivity index (χ2v) is 8.84. The Morgan fingerprint density at radius 1 is 1.18 bits per heavy atom. The standard InChI is InChI=1S/C24H26N2O5S2/c1-5-15(3)31-19-12-7-16(13-20(19)30-6-2)14-21-23(28)26(24(32)33-21)25-22(27)17-8-10-18(29-4)11-9-17/h7-15H,5-6H2,1-4H3,(H,25,27)/b21-14-/t15-/m1/s1. The van der Waals surface area contributed by atoms with Crippen LogP contribution >= 0.6 is 24.0 Å². The normalized spacial score (nSPS) is 15.5. The number of nitrogens with zero attached hydrogens (tertiary/aromatic N) is 1. The van der Waals surface area contributed by atoms with E-state index >= 15 is 0 Å². The number of ether oxygens (including phenoxy) is 3. The van der Waals surface area contributed by atoms with Crippen LogP contribution in [0.15, 0.2) is 47.4 Å². The number of hydrogen-bond donors (Lipinski definition) is 1. The minimum absolute atomic E-state index is 0.0561. The highest BCUT2D eigenvalue weighted by Gasteiger charge is 2.33. The lowest BCUT2D eigenvalue weighted by Gasteiger charge is -2.17. The number of methoxy groups -OCH3 is 1. The van der Waals surface area contributed by atoms with Crippen molar-refractivity contribution in [3.05, 3.63) is 58.5 Å². The summed E-state index contributed by atoms with van der Waals surface area (Å²) in [5.74, 6) is 1.05. The fraction of sp³-hybridized carbons (Fsp3) is 0.292. The van der Waals surface area contributed by atoms with Gasteiger partial charge in [0, 0.05) is 5.56 Å². The Labute approximate surface area is 203 Å². The monoisotopic (exact) mass is 486 g/mol. The van der Waals surface area contributed by atoms with Crippen LogP contribution in [0.5, 0.6) is 17.2 Å². The molecule has 1 aliphatic heterocycles. The number of nitrogens with one attached hydrogen (secondary N) is 1. The number of rotatable bonds is 9. The summed E-state index contributed by atoms with van der Waals surface area (Å²) in [4.78, 5) is 25.9. The van der Waals surface area contributed by atoms with Gasteiger partial charge in [-0.25, -0.2) is 0 Å². The third-order valence-corrected chi connectivity index (χ3v) is 6.13. The van der Waals surface area contributed by atoms with Crippen molar-refractivity contribution in [3.63, 3.8) is 0 Å². The van der Waals surface area contributed by atoms with E-state index in [-0.39, 0.29) is 10.4 Å². The predicted molar refractivity (Wildman–Crippen MR) is 133 cm³/mol. The molecule has 0 saturated carbocycles. The highest BCUT2D eigenvalue weighted by molar-refractivity contribution is 8.26. The van der Waals surface area contributed by atoms with Crippen LogP contribution in [0, 0.1) is 0 Å². The summed E-state index contributed by atoms with van der Waals surface area (Å²) >= 11 is 6.44. The summed E-state index contributed by atoms with van der Waals surface area (Å²) in [6.45, 7) is 6.43. The molecule has 0 unspecified atom stereocenters. The molecule has 0 bridgehead atoms. The van der Waals surface area contributed by atoms with Crippen molar-refractivity contribution < 1.29 is 23.8 Å². The van der Waals surface area contributed by atoms with Crippen molar-refractivity contribution in [2.75, 3.05) is 13.7 Å². The highest BCUT2D eigenvalue weighted by atomic mass is 32.2. The van der Waals surface area contributed by atoms with Gasteiger partial charge in [0.15, 0.2) is 15.8 Å². The van der Waals surface area contributed by atoms with Crippen LogP contribution < -0.4 is 19.6 Å². The molecule has 3 rings (SSSR count). The summed E-state index contributed by atoms with van der Waals surface area (Å²) in [6, 6.07) is 12.1. The van der Waals surface area contributed by atoms with E-state index in [1.165, 1.54) is 0 Å². The topological polar surface area (TPSA) is 77.1 Å². The van der Waals surface area contributed by atoms with Crippen molar-refractivity contribution in [1.29, 1.82) is 0 Å². The first-order valence-electron chi connectivity index (χ1n) is 10.5. The van der Waals surface area contributed by atoms with Gasteiger partial charge in [-0.05, 0) is 80.5 Å². The van der Waals surface area contributed by atoms with Crippen LogP contribution in [0.25, 0.3) is 6.08 Å². The van der Waals surface area contributed by atoms with E-state index in [0.717, 1.165) is 28.8 Å². The van der Waals surface area contributed by atoms with Gasteiger partial charge in [-0.15, -0.1) is 0 Å². The third-order valence-electron chi connectivity index (χ3n) is 4.83. The van der Waals surface area contributed by atoms with Crippen molar-refractivity contribution in [1.82, 2.24) is 10.4 Å². The average molecular weight is 487 g/mol. The van der Waals surface area contributed by atoms with Gasteiger partial charge in [0.1, 0.15) is 5.75 Å². The molecule has 0 spiro atoms. The van der Waals surface area contributed by atoms with Gasteiger partial charge in [0.05, 0.1) is 24.7 Å². The Kier molecular flexibility index (Phi) is 8.35. The zero-order valence-corrected chi connectivity index (χ0v) is 20.5. The Balaban J connectivity index is 1.76. The van der Waals surface area contributed by atoms with E-state index in [2.05, 4.69) is 12.3 Å². The molecule has 33 heavy (non-hydrogen) atoms. The fourth-order valence-corrected chi connectivity index (χ4v) is 4.08. The molecule has 0 aliphatic carbocycles. The maximum atomic E-state index is 12.9. The minimum atomic E-state index is -0.444. The number of benzene rings is 2. The molecule has 1 aliphatic rings. The van der Waals surface area contributed by atoms with Gasteiger partial charge in [-0.3, -0.25) is 15.0 Å². The Morgan fingerprint density at radius 3 is 2.55 bits per heavy atom. The van der Waals surface area contributed by atoms with Crippen LogP contribution in [0.1, 0.15) is 43.1 Å². The quantitative estimate of drug-likeness (QED) is 0.402. The minimum Gasteiger partial charge on any atom is -0.497 e. The van der Waals surface area contributed by atoms with E-state index in [9.17, 15) is 9.59 Å². The van der Waals surface area contributed by atoms with Gasteiger partial charge < -0.3 is 14.2 Å². The van der Waals surface area contributed by atoms with Crippen LogP contribution in [-0.2, 0) is 4.79 Å². The lowest BCUT2D eigenvalue weighted by atomic mass is 10.1. The van der Waals surface area contributed by atoms with Crippen LogP contribution in [0.3, 0.4) is 0 Å². The Bertz CT molecular complexity index is 1070. The summed E-state index contributed by atoms with van der Waals surface area (Å²) in [6.07, 6.45) is 2.65. The first-order chi connectivity index (χ1) is 15.9. The first-order valence-corrected chi connectivity index (χ1v) is 11.7. The van der Waals surface area contributed by atoms with Crippen molar-refractivity contribution >= 4 is 46.2 Å². The molecule has 0 radical (unpaired) electrons. The molecule has 1 heterocycles. The molecule has 1 atom stereocenters. The molecular weight excluding hydrogens is 460 g/mol. The smallest absolute Gasteiger partial charge is 0.285 e. The van der Waals surface area contributed by atoms with Crippen molar-refractivity contribution in [2.45, 2.75) is 33.3 Å². The van der Waals surface area contributed by atoms with E-state index in [0.29, 0.717) is 34.3 Å². The second kappa shape index (κ2) is 11.2. The summed E-state index contributed by atoms with van der Waals surface area (Å²) < 4.78 is 17.0.